The minimum absolute atomic E-state index is 0.00762. The summed E-state index contributed by atoms with van der Waals surface area (Å²) in [5.41, 5.74) is 6.51. The van der Waals surface area contributed by atoms with Crippen LogP contribution < -0.4 is 10.1 Å². The number of esters is 1. The minimum Gasteiger partial charge on any atom is -0.494 e. The second-order valence-corrected chi connectivity index (χ2v) is 12.2. The van der Waals surface area contributed by atoms with Crippen LogP contribution >= 0.6 is 0 Å². The maximum Gasteiger partial charge on any atom is 0.335 e. The molecule has 0 aliphatic carbocycles. The first-order valence-corrected chi connectivity index (χ1v) is 17.2. The summed E-state index contributed by atoms with van der Waals surface area (Å²) in [6, 6.07) is 33.4. The van der Waals surface area contributed by atoms with Crippen molar-refractivity contribution in [1.82, 2.24) is 4.57 Å². The topological polar surface area (TPSA) is 78.8 Å². The fraction of sp³-hybridized carbons (Fsp3) is 0.286. The number of hydrogen-bond acceptors (Lipinski definition) is 5. The summed E-state index contributed by atoms with van der Waals surface area (Å²) < 4.78 is 33.3. The number of carbonyl (C=O) groups is 2. The highest BCUT2D eigenvalue weighted by Gasteiger charge is 2.30. The van der Waals surface area contributed by atoms with Crippen molar-refractivity contribution in [2.75, 3.05) is 25.1 Å². The molecule has 1 unspecified atom stereocenters. The summed E-state index contributed by atoms with van der Waals surface area (Å²) in [6.07, 6.45) is 0.404. The molecule has 8 heteroatoms. The monoisotopic (exact) mass is 676 g/mol. The van der Waals surface area contributed by atoms with Crippen LogP contribution in [0.1, 0.15) is 61.6 Å². The van der Waals surface area contributed by atoms with Crippen LogP contribution in [-0.4, -0.2) is 42.4 Å². The summed E-state index contributed by atoms with van der Waals surface area (Å²) in [5, 5.41) is 3.12. The largest absolute Gasteiger partial charge is 0.494 e. The zero-order valence-electron chi connectivity index (χ0n) is 29.2. The van der Waals surface area contributed by atoms with Crippen molar-refractivity contribution >= 4 is 17.6 Å². The van der Waals surface area contributed by atoms with E-state index in [0.717, 1.165) is 33.6 Å². The number of anilines is 1. The van der Waals surface area contributed by atoms with Gasteiger partial charge in [0.2, 0.25) is 0 Å². The van der Waals surface area contributed by atoms with E-state index < -0.39 is 6.10 Å². The highest BCUT2D eigenvalue weighted by atomic mass is 19.1. The Morgan fingerprint density at radius 3 is 2.08 bits per heavy atom. The van der Waals surface area contributed by atoms with Gasteiger partial charge < -0.3 is 24.1 Å². The van der Waals surface area contributed by atoms with Gasteiger partial charge in [-0.15, -0.1) is 0 Å². The summed E-state index contributed by atoms with van der Waals surface area (Å²) in [7, 11) is 0. The van der Waals surface area contributed by atoms with E-state index in [1.54, 1.807) is 19.1 Å². The van der Waals surface area contributed by atoms with E-state index in [1.165, 1.54) is 12.1 Å². The summed E-state index contributed by atoms with van der Waals surface area (Å²) >= 11 is 0. The molecule has 260 valence electrons. The third-order valence-electron chi connectivity index (χ3n) is 8.35. The van der Waals surface area contributed by atoms with E-state index >= 15 is 0 Å². The van der Waals surface area contributed by atoms with Crippen LogP contribution in [0.15, 0.2) is 109 Å². The van der Waals surface area contributed by atoms with Crippen LogP contribution in [0.4, 0.5) is 10.1 Å². The number of hydrogen-bond donors (Lipinski definition) is 1. The number of benzene rings is 4. The average molecular weight is 677 g/mol. The molecule has 1 aromatic heterocycles. The van der Waals surface area contributed by atoms with E-state index in [2.05, 4.69) is 23.7 Å². The van der Waals surface area contributed by atoms with Crippen LogP contribution in [0.25, 0.3) is 22.4 Å². The summed E-state index contributed by atoms with van der Waals surface area (Å²) in [5.74, 6) is -0.191. The van der Waals surface area contributed by atoms with Gasteiger partial charge in [-0.25, -0.2) is 9.18 Å². The number of para-hydroxylation sites is 1. The molecule has 5 aromatic rings. The van der Waals surface area contributed by atoms with E-state index in [0.29, 0.717) is 56.2 Å². The number of halogens is 1. The van der Waals surface area contributed by atoms with Gasteiger partial charge in [-0.3, -0.25) is 4.79 Å². The van der Waals surface area contributed by atoms with Crippen molar-refractivity contribution < 1.29 is 28.2 Å². The fourth-order valence-corrected chi connectivity index (χ4v) is 6.20. The van der Waals surface area contributed by atoms with Gasteiger partial charge in [0, 0.05) is 36.5 Å². The molecule has 7 nitrogen and oxygen atoms in total. The van der Waals surface area contributed by atoms with Gasteiger partial charge in [-0.2, -0.15) is 0 Å². The van der Waals surface area contributed by atoms with Gasteiger partial charge in [0.25, 0.3) is 5.91 Å². The molecule has 0 radical (unpaired) electrons. The number of amides is 1. The van der Waals surface area contributed by atoms with Crippen molar-refractivity contribution in [1.29, 1.82) is 0 Å². The lowest BCUT2D eigenvalue weighted by molar-refractivity contribution is -0.156. The molecular formula is C42H45FN2O5. The lowest BCUT2D eigenvalue weighted by Gasteiger charge is -2.18. The average Bonchev–Trinajstić information content (AvgIpc) is 3.47. The van der Waals surface area contributed by atoms with E-state index in [4.69, 9.17) is 14.2 Å². The van der Waals surface area contributed by atoms with Crippen LogP contribution in [-0.2, 0) is 27.2 Å². The Morgan fingerprint density at radius 1 is 0.800 bits per heavy atom. The number of nitrogens with one attached hydrogen (secondary N) is 1. The Balaban J connectivity index is 1.44. The molecule has 1 heterocycles. The Bertz CT molecular complexity index is 1840. The van der Waals surface area contributed by atoms with Crippen molar-refractivity contribution in [3.63, 3.8) is 0 Å². The molecule has 0 bridgehead atoms. The van der Waals surface area contributed by atoms with Crippen LogP contribution in [0, 0.1) is 5.82 Å². The first-order valence-electron chi connectivity index (χ1n) is 17.2. The Labute approximate surface area is 294 Å². The second-order valence-electron chi connectivity index (χ2n) is 12.2. The fourth-order valence-electron chi connectivity index (χ4n) is 6.20. The normalized spacial score (nSPS) is 11.7. The van der Waals surface area contributed by atoms with Crippen molar-refractivity contribution in [3.8, 4) is 28.1 Å². The smallest absolute Gasteiger partial charge is 0.335 e. The molecule has 0 fully saturated rings. The van der Waals surface area contributed by atoms with E-state index in [-0.39, 0.29) is 23.6 Å². The zero-order valence-corrected chi connectivity index (χ0v) is 29.2. The van der Waals surface area contributed by atoms with Crippen molar-refractivity contribution in [2.24, 2.45) is 0 Å². The molecule has 0 saturated carbocycles. The molecule has 0 spiro atoms. The zero-order chi connectivity index (χ0) is 35.5. The lowest BCUT2D eigenvalue weighted by atomic mass is 9.94. The van der Waals surface area contributed by atoms with Gasteiger partial charge in [0.05, 0.1) is 24.5 Å². The van der Waals surface area contributed by atoms with Crippen molar-refractivity contribution in [3.05, 3.63) is 132 Å². The van der Waals surface area contributed by atoms with Gasteiger partial charge >= 0.3 is 5.97 Å². The molecular weight excluding hydrogens is 631 g/mol. The standard InChI is InChI=1S/C42H45FN2O5/c1-5-48-36(42(47)49-6-2)28-30-18-24-35(25-19-30)50-27-13-26-45-39(29(3)4)38(41(46)44-34-16-11-8-12-17-34)37(31-14-9-7-10-15-31)40(45)32-20-22-33(43)23-21-32/h7-12,14-25,29,36H,5-6,13,26-28H2,1-4H3,(H,44,46). The van der Waals surface area contributed by atoms with E-state index in [9.17, 15) is 14.0 Å². The van der Waals surface area contributed by atoms with Gasteiger partial charge in [-0.05, 0) is 91.4 Å². The number of nitrogens with zero attached hydrogens (tertiary/aromatic N) is 1. The van der Waals surface area contributed by atoms with Crippen LogP contribution in [0.2, 0.25) is 0 Å². The predicted molar refractivity (Wildman–Crippen MR) is 196 cm³/mol. The second kappa shape index (κ2) is 17.4. The first-order chi connectivity index (χ1) is 24.3. The number of rotatable bonds is 16. The molecule has 0 aliphatic rings. The van der Waals surface area contributed by atoms with Crippen molar-refractivity contribution in [2.45, 2.75) is 59.1 Å². The third-order valence-corrected chi connectivity index (χ3v) is 8.35. The van der Waals surface area contributed by atoms with Gasteiger partial charge in [-0.1, -0.05) is 74.5 Å². The molecule has 1 amide bonds. The molecule has 5 rings (SSSR count). The minimum atomic E-state index is -0.654. The van der Waals surface area contributed by atoms with Gasteiger partial charge in [0.15, 0.2) is 6.10 Å². The lowest BCUT2D eigenvalue weighted by Crippen LogP contribution is -2.28. The quantitative estimate of drug-likeness (QED) is 0.0833. The maximum atomic E-state index is 14.3. The summed E-state index contributed by atoms with van der Waals surface area (Å²) in [6.45, 7) is 9.51. The first kappa shape index (κ1) is 36.1. The molecule has 1 N–H and O–H groups in total. The predicted octanol–water partition coefficient (Wildman–Crippen LogP) is 9.32. The SMILES string of the molecule is CCOC(=O)C(Cc1ccc(OCCCn2c(-c3ccc(F)cc3)c(-c3ccccc3)c(C(=O)Nc3ccccc3)c2C(C)C)cc1)OCC. The highest BCUT2D eigenvalue weighted by Crippen LogP contribution is 2.42. The molecule has 50 heavy (non-hydrogen) atoms. The molecule has 0 saturated heterocycles. The van der Waals surface area contributed by atoms with Gasteiger partial charge in [0.1, 0.15) is 11.6 Å². The Kier molecular flexibility index (Phi) is 12.6. The number of carbonyl (C=O) groups excluding carboxylic acids is 2. The molecule has 0 aliphatic heterocycles. The number of ether oxygens (including phenoxy) is 3. The number of aromatic nitrogens is 1. The Hall–Kier alpha value is -5.21. The van der Waals surface area contributed by atoms with Crippen LogP contribution in [0.3, 0.4) is 0 Å². The molecule has 1 atom stereocenters. The van der Waals surface area contributed by atoms with Crippen LogP contribution in [0.5, 0.6) is 5.75 Å². The highest BCUT2D eigenvalue weighted by molar-refractivity contribution is 6.12. The summed E-state index contributed by atoms with van der Waals surface area (Å²) in [4.78, 5) is 26.6. The Morgan fingerprint density at radius 2 is 1.46 bits per heavy atom. The third kappa shape index (κ3) is 8.87. The maximum absolute atomic E-state index is 14.3. The van der Waals surface area contributed by atoms with E-state index in [1.807, 2.05) is 91.9 Å². The molecule has 4 aromatic carbocycles.